The number of carbonyl (C=O) groups excluding carboxylic acids is 1. The maximum Gasteiger partial charge on any atom is 0.265 e. The van der Waals surface area contributed by atoms with Crippen molar-refractivity contribution in [2.24, 2.45) is 0 Å². The molecule has 0 aromatic heterocycles. The predicted octanol–water partition coefficient (Wildman–Crippen LogP) is 4.55. The summed E-state index contributed by atoms with van der Waals surface area (Å²) in [6.45, 7) is 3.75. The SMILES string of the molecule is Cc1cccc(O[C@@H](C)C(=O)Nc2cccc3ccccc23)c1. The van der Waals surface area contributed by atoms with Crippen molar-refractivity contribution in [2.45, 2.75) is 20.0 Å². The highest BCUT2D eigenvalue weighted by atomic mass is 16.5. The first kappa shape index (κ1) is 15.1. The molecule has 0 aliphatic heterocycles. The number of fused-ring (bicyclic) bond motifs is 1. The van der Waals surface area contributed by atoms with Crippen LogP contribution in [0.15, 0.2) is 66.7 Å². The number of hydrogen-bond donors (Lipinski definition) is 1. The lowest BCUT2D eigenvalue weighted by Gasteiger charge is -2.16. The van der Waals surface area contributed by atoms with E-state index in [0.717, 1.165) is 22.0 Å². The van der Waals surface area contributed by atoms with Crippen LogP contribution in [0, 0.1) is 6.92 Å². The van der Waals surface area contributed by atoms with E-state index in [1.54, 1.807) is 6.92 Å². The molecule has 0 heterocycles. The molecule has 0 aliphatic rings. The van der Waals surface area contributed by atoms with Gasteiger partial charge in [0.1, 0.15) is 5.75 Å². The Kier molecular flexibility index (Phi) is 4.29. The van der Waals surface area contributed by atoms with E-state index in [-0.39, 0.29) is 5.91 Å². The third-order valence-electron chi connectivity index (χ3n) is 3.72. The zero-order valence-corrected chi connectivity index (χ0v) is 13.2. The molecule has 116 valence electrons. The van der Waals surface area contributed by atoms with Gasteiger partial charge in [0, 0.05) is 11.1 Å². The summed E-state index contributed by atoms with van der Waals surface area (Å²) in [5.74, 6) is 0.536. The third kappa shape index (κ3) is 3.51. The van der Waals surface area contributed by atoms with Gasteiger partial charge in [0.2, 0.25) is 0 Å². The molecule has 0 fully saturated rings. The van der Waals surface area contributed by atoms with Crippen LogP contribution in [0.3, 0.4) is 0 Å². The number of rotatable bonds is 4. The first-order valence-corrected chi connectivity index (χ1v) is 7.65. The standard InChI is InChI=1S/C20H19NO2/c1-14-7-5-10-17(13-14)23-15(2)20(22)21-19-12-6-9-16-8-3-4-11-18(16)19/h3-13,15H,1-2H3,(H,21,22)/t15-/m0/s1. The summed E-state index contributed by atoms with van der Waals surface area (Å²) in [7, 11) is 0. The van der Waals surface area contributed by atoms with Crippen LogP contribution in [-0.2, 0) is 4.79 Å². The molecule has 1 N–H and O–H groups in total. The van der Waals surface area contributed by atoms with Crippen LogP contribution >= 0.6 is 0 Å². The van der Waals surface area contributed by atoms with Crippen LogP contribution in [0.1, 0.15) is 12.5 Å². The Bertz CT molecular complexity index is 836. The van der Waals surface area contributed by atoms with Gasteiger partial charge in [0.25, 0.3) is 5.91 Å². The minimum absolute atomic E-state index is 0.164. The quantitative estimate of drug-likeness (QED) is 0.767. The number of hydrogen-bond acceptors (Lipinski definition) is 2. The summed E-state index contributed by atoms with van der Waals surface area (Å²) in [4.78, 5) is 12.4. The Morgan fingerprint density at radius 2 is 1.74 bits per heavy atom. The topological polar surface area (TPSA) is 38.3 Å². The molecule has 23 heavy (non-hydrogen) atoms. The van der Waals surface area contributed by atoms with E-state index in [1.807, 2.05) is 73.7 Å². The van der Waals surface area contributed by atoms with Crippen LogP contribution in [0.25, 0.3) is 10.8 Å². The van der Waals surface area contributed by atoms with E-state index in [9.17, 15) is 4.79 Å². The molecule has 3 aromatic carbocycles. The van der Waals surface area contributed by atoms with Crippen LogP contribution in [0.5, 0.6) is 5.75 Å². The summed E-state index contributed by atoms with van der Waals surface area (Å²) >= 11 is 0. The molecule has 0 unspecified atom stereocenters. The van der Waals surface area contributed by atoms with Gasteiger partial charge in [-0.25, -0.2) is 0 Å². The van der Waals surface area contributed by atoms with Crippen LogP contribution < -0.4 is 10.1 Å². The number of amides is 1. The number of ether oxygens (including phenoxy) is 1. The monoisotopic (exact) mass is 305 g/mol. The van der Waals surface area contributed by atoms with Gasteiger partial charge in [-0.1, -0.05) is 48.5 Å². The number of aryl methyl sites for hydroxylation is 1. The Balaban J connectivity index is 1.75. The van der Waals surface area contributed by atoms with E-state index < -0.39 is 6.10 Å². The predicted molar refractivity (Wildman–Crippen MR) is 93.8 cm³/mol. The molecular weight excluding hydrogens is 286 g/mol. The second kappa shape index (κ2) is 6.53. The number of anilines is 1. The molecule has 0 aliphatic carbocycles. The van der Waals surface area contributed by atoms with E-state index in [1.165, 1.54) is 0 Å². The summed E-state index contributed by atoms with van der Waals surface area (Å²) < 4.78 is 5.73. The van der Waals surface area contributed by atoms with Crippen LogP contribution in [0.2, 0.25) is 0 Å². The highest BCUT2D eigenvalue weighted by molar-refractivity contribution is 6.03. The van der Waals surface area contributed by atoms with Crippen molar-refractivity contribution in [1.29, 1.82) is 0 Å². The maximum absolute atomic E-state index is 12.4. The van der Waals surface area contributed by atoms with E-state index in [2.05, 4.69) is 5.32 Å². The smallest absolute Gasteiger partial charge is 0.265 e. The summed E-state index contributed by atoms with van der Waals surface area (Å²) in [6, 6.07) is 21.5. The molecule has 3 rings (SSSR count). The van der Waals surface area contributed by atoms with Crippen molar-refractivity contribution in [1.82, 2.24) is 0 Å². The number of benzene rings is 3. The van der Waals surface area contributed by atoms with E-state index in [0.29, 0.717) is 5.75 Å². The van der Waals surface area contributed by atoms with Gasteiger partial charge in [0.05, 0.1) is 0 Å². The van der Waals surface area contributed by atoms with E-state index in [4.69, 9.17) is 4.74 Å². The second-order valence-corrected chi connectivity index (χ2v) is 5.59. The van der Waals surface area contributed by atoms with Gasteiger partial charge in [0.15, 0.2) is 6.10 Å². The average molecular weight is 305 g/mol. The van der Waals surface area contributed by atoms with Gasteiger partial charge in [-0.3, -0.25) is 4.79 Å². The molecule has 0 radical (unpaired) electrons. The van der Waals surface area contributed by atoms with Gasteiger partial charge in [-0.15, -0.1) is 0 Å². The van der Waals surface area contributed by atoms with E-state index >= 15 is 0 Å². The fraction of sp³-hybridized carbons (Fsp3) is 0.150. The van der Waals surface area contributed by atoms with Crippen LogP contribution in [0.4, 0.5) is 5.69 Å². The number of carbonyl (C=O) groups is 1. The van der Waals surface area contributed by atoms with Gasteiger partial charge in [-0.2, -0.15) is 0 Å². The molecule has 0 saturated carbocycles. The largest absolute Gasteiger partial charge is 0.481 e. The molecule has 1 atom stereocenters. The minimum Gasteiger partial charge on any atom is -0.481 e. The van der Waals surface area contributed by atoms with Gasteiger partial charge in [-0.05, 0) is 43.0 Å². The number of nitrogens with one attached hydrogen (secondary N) is 1. The molecule has 3 aromatic rings. The maximum atomic E-state index is 12.4. The Morgan fingerprint density at radius 1 is 1.00 bits per heavy atom. The molecular formula is C20H19NO2. The second-order valence-electron chi connectivity index (χ2n) is 5.59. The van der Waals surface area contributed by atoms with Crippen molar-refractivity contribution in [3.63, 3.8) is 0 Å². The molecule has 3 heteroatoms. The average Bonchev–Trinajstić information content (AvgIpc) is 2.55. The fourth-order valence-corrected chi connectivity index (χ4v) is 2.52. The Labute approximate surface area is 135 Å². The molecule has 3 nitrogen and oxygen atoms in total. The van der Waals surface area contributed by atoms with Gasteiger partial charge < -0.3 is 10.1 Å². The zero-order valence-electron chi connectivity index (χ0n) is 13.2. The van der Waals surface area contributed by atoms with Crippen molar-refractivity contribution >= 4 is 22.4 Å². The van der Waals surface area contributed by atoms with Gasteiger partial charge >= 0.3 is 0 Å². The van der Waals surface area contributed by atoms with Crippen molar-refractivity contribution < 1.29 is 9.53 Å². The normalized spacial score (nSPS) is 11.9. The molecule has 0 bridgehead atoms. The van der Waals surface area contributed by atoms with Crippen molar-refractivity contribution in [3.05, 3.63) is 72.3 Å². The molecule has 0 saturated heterocycles. The third-order valence-corrected chi connectivity index (χ3v) is 3.72. The lowest BCUT2D eigenvalue weighted by Crippen LogP contribution is -2.30. The Morgan fingerprint density at radius 3 is 2.57 bits per heavy atom. The fourth-order valence-electron chi connectivity index (χ4n) is 2.52. The first-order valence-electron chi connectivity index (χ1n) is 7.65. The van der Waals surface area contributed by atoms with Crippen molar-refractivity contribution in [2.75, 3.05) is 5.32 Å². The summed E-state index contributed by atoms with van der Waals surface area (Å²) in [5.41, 5.74) is 1.90. The minimum atomic E-state index is -0.573. The highest BCUT2D eigenvalue weighted by Crippen LogP contribution is 2.23. The molecule has 1 amide bonds. The Hall–Kier alpha value is -2.81. The summed E-state index contributed by atoms with van der Waals surface area (Å²) in [6.07, 6.45) is -0.573. The lowest BCUT2D eigenvalue weighted by molar-refractivity contribution is -0.122. The first-order chi connectivity index (χ1) is 11.1. The summed E-state index contributed by atoms with van der Waals surface area (Å²) in [5, 5.41) is 5.07. The van der Waals surface area contributed by atoms with Crippen LogP contribution in [-0.4, -0.2) is 12.0 Å². The highest BCUT2D eigenvalue weighted by Gasteiger charge is 2.15. The van der Waals surface area contributed by atoms with Crippen molar-refractivity contribution in [3.8, 4) is 5.75 Å². The zero-order chi connectivity index (χ0) is 16.2. The molecule has 0 spiro atoms. The lowest BCUT2D eigenvalue weighted by atomic mass is 10.1.